The van der Waals surface area contributed by atoms with Crippen LogP contribution in [0.5, 0.6) is 17.2 Å². The minimum atomic E-state index is 0. The SMILES string of the molecule is CN=C(NCCc1ccc(Oc2ccc(OC)cc2)cc1)NCc1nc(C)c(C)o1.I. The van der Waals surface area contributed by atoms with Gasteiger partial charge in [-0.05, 0) is 62.2 Å². The van der Waals surface area contributed by atoms with Crippen LogP contribution < -0.4 is 20.1 Å². The average molecular weight is 536 g/mol. The molecule has 0 atom stereocenters. The molecule has 0 radical (unpaired) electrons. The lowest BCUT2D eigenvalue weighted by Crippen LogP contribution is -2.37. The second kappa shape index (κ2) is 12.2. The smallest absolute Gasteiger partial charge is 0.214 e. The van der Waals surface area contributed by atoms with Gasteiger partial charge in [0.25, 0.3) is 0 Å². The van der Waals surface area contributed by atoms with Crippen LogP contribution in [0.3, 0.4) is 0 Å². The number of methoxy groups -OCH3 is 1. The van der Waals surface area contributed by atoms with Crippen molar-refractivity contribution in [3.8, 4) is 17.2 Å². The van der Waals surface area contributed by atoms with Gasteiger partial charge in [0.15, 0.2) is 5.96 Å². The Morgan fingerprint density at radius 1 is 0.968 bits per heavy atom. The van der Waals surface area contributed by atoms with Crippen LogP contribution in [0, 0.1) is 13.8 Å². The van der Waals surface area contributed by atoms with Crippen LogP contribution in [-0.2, 0) is 13.0 Å². The Morgan fingerprint density at radius 3 is 2.13 bits per heavy atom. The fourth-order valence-corrected chi connectivity index (χ4v) is 2.82. The number of hydrogen-bond acceptors (Lipinski definition) is 5. The molecule has 31 heavy (non-hydrogen) atoms. The molecule has 0 fully saturated rings. The van der Waals surface area contributed by atoms with Crippen molar-refractivity contribution in [3.05, 3.63) is 71.4 Å². The Balaban J connectivity index is 0.00000341. The van der Waals surface area contributed by atoms with E-state index in [1.165, 1.54) is 5.56 Å². The highest BCUT2D eigenvalue weighted by molar-refractivity contribution is 14.0. The number of ether oxygens (including phenoxy) is 2. The van der Waals surface area contributed by atoms with Crippen molar-refractivity contribution in [1.29, 1.82) is 0 Å². The first kappa shape index (κ1) is 24.5. The first-order valence-electron chi connectivity index (χ1n) is 9.85. The molecular weight excluding hydrogens is 507 g/mol. The highest BCUT2D eigenvalue weighted by Crippen LogP contribution is 2.24. The Bertz CT molecular complexity index is 950. The van der Waals surface area contributed by atoms with Gasteiger partial charge in [-0.15, -0.1) is 24.0 Å². The van der Waals surface area contributed by atoms with E-state index in [0.29, 0.717) is 18.4 Å². The molecule has 8 heteroatoms. The summed E-state index contributed by atoms with van der Waals surface area (Å²) < 4.78 is 16.6. The highest BCUT2D eigenvalue weighted by Gasteiger charge is 2.06. The van der Waals surface area contributed by atoms with Gasteiger partial charge >= 0.3 is 0 Å². The zero-order valence-electron chi connectivity index (χ0n) is 18.3. The van der Waals surface area contributed by atoms with Crippen LogP contribution in [0.2, 0.25) is 0 Å². The standard InChI is InChI=1S/C23H28N4O3.HI/c1-16-17(2)29-22(27-16)15-26-23(24-3)25-14-13-18-5-7-20(8-6-18)30-21-11-9-19(28-4)10-12-21;/h5-12H,13-15H2,1-4H3,(H2,24,25,26);1H. The summed E-state index contributed by atoms with van der Waals surface area (Å²) in [5.74, 6) is 4.58. The average Bonchev–Trinajstić information content (AvgIpc) is 3.09. The largest absolute Gasteiger partial charge is 0.497 e. The molecule has 0 saturated carbocycles. The maximum absolute atomic E-state index is 5.86. The number of nitrogens with zero attached hydrogens (tertiary/aromatic N) is 2. The molecule has 0 aliphatic heterocycles. The summed E-state index contributed by atoms with van der Waals surface area (Å²) in [5.41, 5.74) is 2.12. The molecule has 7 nitrogen and oxygen atoms in total. The molecule has 0 aliphatic carbocycles. The molecule has 0 spiro atoms. The molecule has 0 aliphatic rings. The van der Waals surface area contributed by atoms with Gasteiger partial charge < -0.3 is 24.5 Å². The van der Waals surface area contributed by atoms with Gasteiger partial charge in [0, 0.05) is 13.6 Å². The molecule has 2 N–H and O–H groups in total. The number of aliphatic imine (C=N–C) groups is 1. The lowest BCUT2D eigenvalue weighted by atomic mass is 10.1. The van der Waals surface area contributed by atoms with Gasteiger partial charge in [0.1, 0.15) is 23.0 Å². The van der Waals surface area contributed by atoms with E-state index < -0.39 is 0 Å². The van der Waals surface area contributed by atoms with Crippen LogP contribution >= 0.6 is 24.0 Å². The van der Waals surface area contributed by atoms with E-state index in [-0.39, 0.29) is 24.0 Å². The van der Waals surface area contributed by atoms with E-state index in [1.54, 1.807) is 14.2 Å². The predicted molar refractivity (Wildman–Crippen MR) is 133 cm³/mol. The van der Waals surface area contributed by atoms with Gasteiger partial charge in [-0.3, -0.25) is 4.99 Å². The second-order valence-corrected chi connectivity index (χ2v) is 6.77. The number of hydrogen-bond donors (Lipinski definition) is 2. The zero-order chi connectivity index (χ0) is 21.3. The Morgan fingerprint density at radius 2 is 1.58 bits per heavy atom. The third-order valence-corrected chi connectivity index (χ3v) is 4.63. The van der Waals surface area contributed by atoms with Crippen molar-refractivity contribution in [1.82, 2.24) is 15.6 Å². The van der Waals surface area contributed by atoms with Gasteiger partial charge in [-0.1, -0.05) is 12.1 Å². The monoisotopic (exact) mass is 536 g/mol. The van der Waals surface area contributed by atoms with Crippen molar-refractivity contribution in [2.24, 2.45) is 4.99 Å². The van der Waals surface area contributed by atoms with Crippen molar-refractivity contribution in [2.75, 3.05) is 20.7 Å². The molecule has 0 bridgehead atoms. The summed E-state index contributed by atoms with van der Waals surface area (Å²) in [4.78, 5) is 8.59. The molecule has 166 valence electrons. The molecule has 1 aromatic heterocycles. The number of benzene rings is 2. The number of guanidine groups is 1. The fourth-order valence-electron chi connectivity index (χ4n) is 2.82. The van der Waals surface area contributed by atoms with Crippen LogP contribution in [-0.4, -0.2) is 31.6 Å². The molecular formula is C23H29IN4O3. The molecule has 1 heterocycles. The molecule has 0 saturated heterocycles. The first-order valence-corrected chi connectivity index (χ1v) is 9.85. The summed E-state index contributed by atoms with van der Waals surface area (Å²) in [6, 6.07) is 15.6. The minimum absolute atomic E-state index is 0. The number of rotatable bonds is 8. The molecule has 0 amide bonds. The van der Waals surface area contributed by atoms with Crippen LogP contribution in [0.1, 0.15) is 22.9 Å². The van der Waals surface area contributed by atoms with Crippen LogP contribution in [0.4, 0.5) is 0 Å². The van der Waals surface area contributed by atoms with E-state index >= 15 is 0 Å². The number of nitrogens with one attached hydrogen (secondary N) is 2. The van der Waals surface area contributed by atoms with Crippen molar-refractivity contribution in [3.63, 3.8) is 0 Å². The quantitative estimate of drug-likeness (QED) is 0.249. The second-order valence-electron chi connectivity index (χ2n) is 6.77. The van der Waals surface area contributed by atoms with E-state index in [1.807, 2.05) is 50.2 Å². The minimum Gasteiger partial charge on any atom is -0.497 e. The summed E-state index contributed by atoms with van der Waals surface area (Å²) >= 11 is 0. The topological polar surface area (TPSA) is 80.9 Å². The Kier molecular flexibility index (Phi) is 9.64. The van der Waals surface area contributed by atoms with Crippen LogP contribution in [0.15, 0.2) is 57.9 Å². The normalized spacial score (nSPS) is 10.9. The maximum Gasteiger partial charge on any atom is 0.214 e. The lowest BCUT2D eigenvalue weighted by molar-refractivity contribution is 0.413. The Hall–Kier alpha value is -2.75. The molecule has 2 aromatic carbocycles. The van der Waals surface area contributed by atoms with Crippen LogP contribution in [0.25, 0.3) is 0 Å². The fraction of sp³-hybridized carbons (Fsp3) is 0.304. The number of aryl methyl sites for hydroxylation is 2. The third kappa shape index (κ3) is 7.46. The third-order valence-electron chi connectivity index (χ3n) is 4.63. The van der Waals surface area contributed by atoms with Gasteiger partial charge in [-0.2, -0.15) is 0 Å². The van der Waals surface area contributed by atoms with E-state index in [2.05, 4.69) is 32.7 Å². The summed E-state index contributed by atoms with van der Waals surface area (Å²) in [7, 11) is 3.39. The van der Waals surface area contributed by atoms with E-state index in [9.17, 15) is 0 Å². The number of aromatic nitrogens is 1. The lowest BCUT2D eigenvalue weighted by Gasteiger charge is -2.11. The predicted octanol–water partition coefficient (Wildman–Crippen LogP) is 4.62. The highest BCUT2D eigenvalue weighted by atomic mass is 127. The van der Waals surface area contributed by atoms with Gasteiger partial charge in [0.2, 0.25) is 5.89 Å². The van der Waals surface area contributed by atoms with Crippen molar-refractivity contribution >= 4 is 29.9 Å². The van der Waals surface area contributed by atoms with E-state index in [4.69, 9.17) is 13.9 Å². The van der Waals surface area contributed by atoms with Crippen molar-refractivity contribution < 1.29 is 13.9 Å². The van der Waals surface area contributed by atoms with E-state index in [0.717, 1.165) is 41.7 Å². The van der Waals surface area contributed by atoms with Crippen molar-refractivity contribution in [2.45, 2.75) is 26.8 Å². The summed E-state index contributed by atoms with van der Waals surface area (Å²) in [6.07, 6.45) is 0.862. The summed E-state index contributed by atoms with van der Waals surface area (Å²) in [6.45, 7) is 5.09. The van der Waals surface area contributed by atoms with Gasteiger partial charge in [-0.25, -0.2) is 4.98 Å². The molecule has 0 unspecified atom stereocenters. The zero-order valence-corrected chi connectivity index (χ0v) is 20.6. The first-order chi connectivity index (χ1) is 14.6. The molecule has 3 aromatic rings. The number of halogens is 1. The van der Waals surface area contributed by atoms with Gasteiger partial charge in [0.05, 0.1) is 19.3 Å². The Labute approximate surface area is 200 Å². The molecule has 3 rings (SSSR count). The number of oxazole rings is 1. The maximum atomic E-state index is 5.86. The summed E-state index contributed by atoms with van der Waals surface area (Å²) in [5, 5.41) is 6.51.